The second-order valence-corrected chi connectivity index (χ2v) is 31.5. The van der Waals surface area contributed by atoms with Crippen LogP contribution in [0.5, 0.6) is 0 Å². The Labute approximate surface area is 566 Å². The molecule has 0 unspecified atom stereocenters. The summed E-state index contributed by atoms with van der Waals surface area (Å²) in [5.74, 6) is 4.79. The van der Waals surface area contributed by atoms with E-state index in [9.17, 15) is 19.2 Å². The maximum atomic E-state index is 13.0. The average Bonchev–Trinajstić information content (AvgIpc) is 1.66. The van der Waals surface area contributed by atoms with E-state index >= 15 is 0 Å². The van der Waals surface area contributed by atoms with Crippen molar-refractivity contribution in [2.45, 2.75) is 229 Å². The number of hydrogen-bond acceptors (Lipinski definition) is 18. The minimum Gasteiger partial charge on any atom is -0.367 e. The largest absolute Gasteiger partial charge is 0.367 e. The number of fused-ring (bicyclic) bond motifs is 9. The zero-order chi connectivity index (χ0) is 63.6. The molecule has 3 saturated carbocycles. The number of anilines is 3. The highest BCUT2D eigenvalue weighted by Crippen LogP contribution is 2.43. The molecule has 4 amide bonds. The number of aryl methyl sites for hydroxylation is 6. The second kappa shape index (κ2) is 31.7. The Hall–Kier alpha value is -5.39. The summed E-state index contributed by atoms with van der Waals surface area (Å²) in [6, 6.07) is 2.05. The van der Waals surface area contributed by atoms with Crippen LogP contribution >= 0.6 is 45.6 Å². The third-order valence-electron chi connectivity index (χ3n) is 21.8. The fourth-order valence-corrected chi connectivity index (χ4v) is 20.3. The van der Waals surface area contributed by atoms with E-state index in [1.807, 2.05) is 48.7 Å². The molecule has 0 spiro atoms. The lowest BCUT2D eigenvalue weighted by atomic mass is 9.83. The Morgan fingerprint density at radius 3 is 1.16 bits per heavy atom. The third kappa shape index (κ3) is 16.2. The highest BCUT2D eigenvalue weighted by atomic mass is 35.5. The molecule has 93 heavy (non-hydrogen) atoms. The third-order valence-corrected chi connectivity index (χ3v) is 25.6. The van der Waals surface area contributed by atoms with Crippen LogP contribution in [0.3, 0.4) is 0 Å². The van der Waals surface area contributed by atoms with Gasteiger partial charge < -0.3 is 41.3 Å². The molecule has 0 radical (unpaired) electrons. The van der Waals surface area contributed by atoms with Gasteiger partial charge in [-0.25, -0.2) is 29.9 Å². The number of hydrogen-bond donors (Lipinski definition) is 4. The van der Waals surface area contributed by atoms with Gasteiger partial charge in [0.1, 0.15) is 56.8 Å². The molecule has 0 aromatic carbocycles. The van der Waals surface area contributed by atoms with Crippen molar-refractivity contribution in [3.63, 3.8) is 0 Å². The van der Waals surface area contributed by atoms with E-state index in [1.165, 1.54) is 137 Å². The standard InChI is InChI=1S/C27H38N6O2S.C22H30N4OS.C15H20N4S.C6H10ClNO/c34-23(31-12-1-2-13-31)16-33(17-24(35)32-14-3-4-15-32)20-10-8-19(9-11-20)30-26-25-21-6-5-7-22(21)36-27(25)29-18-28-26;27-19(26-12-1-2-13-26)11-8-15-6-9-16(10-7-15)25-21-20-17-4-3-5-18(17)28-22(20)24-14-23-21;16-9-4-6-10(7-5-9)19-14-13-11-2-1-3-12(11)20-15(13)18-8-17-14;7-5-6(9)8-3-1-2-4-8/h18-20H,1-17H2,(H,28,29,30);14-16H,1-13H2,(H,23,24,25);8-10H,1-7,16H2,(H,17,18,19);1-5H2. The maximum Gasteiger partial charge on any atom is 0.237 e. The molecule has 4 saturated heterocycles. The zero-order valence-corrected chi connectivity index (χ0v) is 57.8. The zero-order valence-electron chi connectivity index (χ0n) is 54.6. The van der Waals surface area contributed by atoms with Gasteiger partial charge in [0, 0.05) is 104 Å². The first kappa shape index (κ1) is 66.2. The number of alkyl halides is 1. The van der Waals surface area contributed by atoms with Gasteiger partial charge in [-0.3, -0.25) is 24.1 Å². The topological polar surface area (TPSA) is 224 Å². The van der Waals surface area contributed by atoms with Crippen LogP contribution in [-0.4, -0.2) is 180 Å². The molecule has 23 heteroatoms. The van der Waals surface area contributed by atoms with Gasteiger partial charge in [-0.1, -0.05) is 0 Å². The molecule has 4 aliphatic heterocycles. The van der Waals surface area contributed by atoms with Gasteiger partial charge in [0.05, 0.1) is 29.2 Å². The van der Waals surface area contributed by atoms with Gasteiger partial charge >= 0.3 is 0 Å². The van der Waals surface area contributed by atoms with Gasteiger partial charge in [-0.15, -0.1) is 45.6 Å². The van der Waals surface area contributed by atoms with Gasteiger partial charge in [-0.05, 0) is 215 Å². The van der Waals surface area contributed by atoms with Gasteiger partial charge in [0.2, 0.25) is 23.6 Å². The molecule has 5 N–H and O–H groups in total. The molecule has 10 heterocycles. The highest BCUT2D eigenvalue weighted by molar-refractivity contribution is 7.19. The summed E-state index contributed by atoms with van der Waals surface area (Å²) < 4.78 is 0. The fourth-order valence-electron chi connectivity index (χ4n) is 16.4. The Bertz CT molecular complexity index is 3480. The lowest BCUT2D eigenvalue weighted by Crippen LogP contribution is -2.50. The number of thiophene rings is 3. The van der Waals surface area contributed by atoms with Crippen LogP contribution < -0.4 is 21.7 Å². The van der Waals surface area contributed by atoms with E-state index in [2.05, 4.69) is 55.7 Å². The summed E-state index contributed by atoms with van der Waals surface area (Å²) in [7, 11) is 0. The minimum absolute atomic E-state index is 0.0779. The molecule has 502 valence electrons. The normalized spacial score (nSPS) is 24.1. The lowest BCUT2D eigenvalue weighted by Gasteiger charge is -2.37. The van der Waals surface area contributed by atoms with E-state index in [1.54, 1.807) is 19.0 Å². The summed E-state index contributed by atoms with van der Waals surface area (Å²) in [4.78, 5) is 94.4. The Morgan fingerprint density at radius 1 is 0.441 bits per heavy atom. The fraction of sp³-hybridized carbons (Fsp3) is 0.686. The molecule has 19 nitrogen and oxygen atoms in total. The number of nitrogens with two attached hydrogens (primary N) is 1. The molecule has 6 aliphatic carbocycles. The Balaban J connectivity index is 0.000000123. The molecule has 7 fully saturated rings. The summed E-state index contributed by atoms with van der Waals surface area (Å²) in [5, 5.41) is 15.0. The SMILES string of the molecule is NC1CCC(Nc2ncnc3sc4c(c23)CCC4)CC1.O=C(CCC1CCC(Nc2ncnc3sc4c(c23)CCC4)CC1)N1CCCC1.O=C(CCl)N1CCCC1.O=C(CN(CC(=O)N1CCCC1)C1CCC(Nc2ncnc3sc4c(c23)CCC4)CC1)N1CCCC1. The molecule has 0 atom stereocenters. The summed E-state index contributed by atoms with van der Waals surface area (Å²) in [6.07, 6.45) is 40.2. The molecule has 10 aliphatic rings. The van der Waals surface area contributed by atoms with E-state index < -0.39 is 0 Å². The summed E-state index contributed by atoms with van der Waals surface area (Å²) >= 11 is 10.9. The number of likely N-dealkylation sites (tertiary alicyclic amines) is 4. The number of rotatable bonds is 15. The number of nitrogens with one attached hydrogen (secondary N) is 3. The summed E-state index contributed by atoms with van der Waals surface area (Å²) in [5.41, 5.74) is 10.4. The summed E-state index contributed by atoms with van der Waals surface area (Å²) in [6.45, 7) is 7.98. The van der Waals surface area contributed by atoms with Crippen LogP contribution in [0.4, 0.5) is 17.5 Å². The van der Waals surface area contributed by atoms with Crippen molar-refractivity contribution in [2.24, 2.45) is 11.7 Å². The van der Waals surface area contributed by atoms with Gasteiger partial charge in [0.25, 0.3) is 0 Å². The average molecular weight is 1350 g/mol. The predicted molar refractivity (Wildman–Crippen MR) is 376 cm³/mol. The van der Waals surface area contributed by atoms with Gasteiger partial charge in [0.15, 0.2) is 0 Å². The first-order valence-corrected chi connectivity index (χ1v) is 38.8. The van der Waals surface area contributed by atoms with Gasteiger partial charge in [-0.2, -0.15) is 0 Å². The van der Waals surface area contributed by atoms with Crippen LogP contribution in [0, 0.1) is 5.92 Å². The number of aromatic nitrogens is 6. The van der Waals surface area contributed by atoms with Crippen molar-refractivity contribution in [3.05, 3.63) is 50.3 Å². The van der Waals surface area contributed by atoms with E-state index in [-0.39, 0.29) is 29.6 Å². The van der Waals surface area contributed by atoms with Crippen LogP contribution in [-0.2, 0) is 57.7 Å². The smallest absolute Gasteiger partial charge is 0.237 e. The minimum atomic E-state index is 0.0779. The van der Waals surface area contributed by atoms with Crippen LogP contribution in [0.25, 0.3) is 30.6 Å². The molecular weight excluding hydrogens is 1250 g/mol. The quantitative estimate of drug-likeness (QED) is 0.0702. The van der Waals surface area contributed by atoms with Crippen molar-refractivity contribution in [3.8, 4) is 0 Å². The second-order valence-electron chi connectivity index (χ2n) is 28.0. The molecule has 0 bridgehead atoms. The van der Waals surface area contributed by atoms with Crippen molar-refractivity contribution >= 4 is 117 Å². The Kier molecular flexibility index (Phi) is 22.5. The number of nitrogens with zero attached hydrogens (tertiary/aromatic N) is 11. The first-order chi connectivity index (χ1) is 45.6. The van der Waals surface area contributed by atoms with E-state index in [4.69, 9.17) is 17.3 Å². The van der Waals surface area contributed by atoms with Crippen molar-refractivity contribution in [1.29, 1.82) is 0 Å². The lowest BCUT2D eigenvalue weighted by molar-refractivity contribution is -0.136. The number of amides is 4. The van der Waals surface area contributed by atoms with Crippen LogP contribution in [0.1, 0.15) is 192 Å². The van der Waals surface area contributed by atoms with E-state index in [0.29, 0.717) is 49.1 Å². The monoisotopic (exact) mass is 1340 g/mol. The number of halogens is 1. The highest BCUT2D eigenvalue weighted by Gasteiger charge is 2.34. The molecule has 6 aromatic rings. The number of carbonyl (C=O) groups excluding carboxylic acids is 4. The van der Waals surface area contributed by atoms with Crippen molar-refractivity contribution in [1.82, 2.24) is 54.4 Å². The van der Waals surface area contributed by atoms with E-state index in [0.717, 1.165) is 193 Å². The predicted octanol–water partition coefficient (Wildman–Crippen LogP) is 11.7. The van der Waals surface area contributed by atoms with Crippen LogP contribution in [0.2, 0.25) is 0 Å². The van der Waals surface area contributed by atoms with Crippen molar-refractivity contribution in [2.75, 3.05) is 87.3 Å². The molecule has 6 aromatic heterocycles. The molecule has 16 rings (SSSR count). The number of carbonyl (C=O) groups is 4. The van der Waals surface area contributed by atoms with Crippen molar-refractivity contribution < 1.29 is 19.2 Å². The molecular formula is C70H98ClN15O4S3. The van der Waals surface area contributed by atoms with Crippen LogP contribution in [0.15, 0.2) is 19.0 Å². The first-order valence-electron chi connectivity index (χ1n) is 35.8. The maximum absolute atomic E-state index is 13.0. The Morgan fingerprint density at radius 2 is 0.785 bits per heavy atom.